The minimum absolute atomic E-state index is 0.162. The van der Waals surface area contributed by atoms with E-state index < -0.39 is 11.9 Å². The maximum absolute atomic E-state index is 10.9. The Labute approximate surface area is 76.1 Å². The third kappa shape index (κ3) is 4.58. The summed E-state index contributed by atoms with van der Waals surface area (Å²) in [5, 5.41) is 0. The zero-order chi connectivity index (χ0) is 10.3. The van der Waals surface area contributed by atoms with Crippen LogP contribution in [0.4, 0.5) is 0 Å². The highest BCUT2D eigenvalue weighted by molar-refractivity contribution is 5.88. The number of carbonyl (C=O) groups excluding carboxylic acids is 2. The van der Waals surface area contributed by atoms with E-state index in [4.69, 9.17) is 0 Å². The van der Waals surface area contributed by atoms with Crippen LogP contribution in [0.5, 0.6) is 0 Å². The molecule has 4 heteroatoms. The smallest absolute Gasteiger partial charge is 0.341 e. The fourth-order valence-corrected chi connectivity index (χ4v) is 0.411. The number of rotatable bonds is 4. The lowest BCUT2D eigenvalue weighted by atomic mass is 10.3. The van der Waals surface area contributed by atoms with Gasteiger partial charge in [0.2, 0.25) is 0 Å². The van der Waals surface area contributed by atoms with E-state index in [-0.39, 0.29) is 5.57 Å². The molecule has 0 unspecified atom stereocenters. The van der Waals surface area contributed by atoms with Crippen LogP contribution in [0.1, 0.15) is 6.92 Å². The molecular weight excluding hydrogens is 172 g/mol. The van der Waals surface area contributed by atoms with Crippen molar-refractivity contribution in [2.24, 2.45) is 0 Å². The van der Waals surface area contributed by atoms with Crippen molar-refractivity contribution in [2.75, 3.05) is 0 Å². The Morgan fingerprint density at radius 2 is 1.85 bits per heavy atom. The summed E-state index contributed by atoms with van der Waals surface area (Å²) in [6.07, 6.45) is 2.98. The summed E-state index contributed by atoms with van der Waals surface area (Å²) >= 11 is 0. The van der Waals surface area contributed by atoms with Crippen molar-refractivity contribution in [1.82, 2.24) is 0 Å². The van der Waals surface area contributed by atoms with E-state index in [2.05, 4.69) is 22.6 Å². The first-order valence-electron chi connectivity index (χ1n) is 3.43. The second-order valence-electron chi connectivity index (χ2n) is 2.01. The first-order valence-corrected chi connectivity index (χ1v) is 3.43. The molecule has 0 aliphatic heterocycles. The van der Waals surface area contributed by atoms with Crippen molar-refractivity contribution < 1.29 is 19.1 Å². The molecule has 0 radical (unpaired) electrons. The van der Waals surface area contributed by atoms with E-state index in [1.165, 1.54) is 6.92 Å². The topological polar surface area (TPSA) is 52.6 Å². The van der Waals surface area contributed by atoms with Crippen LogP contribution in [-0.4, -0.2) is 11.9 Å². The molecule has 0 bridgehead atoms. The molecule has 4 nitrogen and oxygen atoms in total. The zero-order valence-electron chi connectivity index (χ0n) is 7.28. The van der Waals surface area contributed by atoms with E-state index in [9.17, 15) is 9.59 Å². The minimum atomic E-state index is -0.634. The van der Waals surface area contributed by atoms with Gasteiger partial charge in [0.15, 0.2) is 0 Å². The SMILES string of the molecule is C=COC(=O)C(C)=COC(=O)C=C. The molecule has 0 aliphatic rings. The number of hydrogen-bond acceptors (Lipinski definition) is 4. The molecule has 0 aromatic carbocycles. The quantitative estimate of drug-likeness (QED) is 0.373. The summed E-state index contributed by atoms with van der Waals surface area (Å²) in [5.74, 6) is -1.25. The van der Waals surface area contributed by atoms with Gasteiger partial charge < -0.3 is 9.47 Å². The standard InChI is InChI=1S/C9H10O4/c1-4-8(10)13-6-7(3)9(11)12-5-2/h4-6H,1-2H2,3H3. The first-order chi connectivity index (χ1) is 6.11. The average molecular weight is 182 g/mol. The van der Waals surface area contributed by atoms with Gasteiger partial charge in [0.1, 0.15) is 6.26 Å². The van der Waals surface area contributed by atoms with Gasteiger partial charge in [0, 0.05) is 6.08 Å². The molecule has 0 heterocycles. The Morgan fingerprint density at radius 1 is 1.23 bits per heavy atom. The normalized spacial score (nSPS) is 10.1. The van der Waals surface area contributed by atoms with Gasteiger partial charge in [0.25, 0.3) is 0 Å². The number of hydrogen-bond donors (Lipinski definition) is 0. The number of esters is 2. The van der Waals surface area contributed by atoms with Crippen molar-refractivity contribution in [2.45, 2.75) is 6.92 Å². The largest absolute Gasteiger partial charge is 0.432 e. The fraction of sp³-hybridized carbons (Fsp3) is 0.111. The van der Waals surface area contributed by atoms with Gasteiger partial charge in [-0.25, -0.2) is 9.59 Å². The Bertz CT molecular complexity index is 263. The van der Waals surface area contributed by atoms with Crippen LogP contribution in [0.15, 0.2) is 37.3 Å². The van der Waals surface area contributed by atoms with Crippen LogP contribution in [0.3, 0.4) is 0 Å². The second-order valence-corrected chi connectivity index (χ2v) is 2.01. The predicted octanol–water partition coefficient (Wildman–Crippen LogP) is 1.31. The van der Waals surface area contributed by atoms with Crippen LogP contribution >= 0.6 is 0 Å². The van der Waals surface area contributed by atoms with Crippen molar-refractivity contribution in [3.05, 3.63) is 37.3 Å². The van der Waals surface area contributed by atoms with Gasteiger partial charge in [-0.2, -0.15) is 0 Å². The molecule has 0 atom stereocenters. The highest BCUT2D eigenvalue weighted by atomic mass is 16.5. The van der Waals surface area contributed by atoms with Crippen molar-refractivity contribution in [1.29, 1.82) is 0 Å². The Kier molecular flexibility index (Phi) is 4.95. The molecule has 0 rings (SSSR count). The molecule has 0 N–H and O–H groups in total. The molecule has 0 amide bonds. The Morgan fingerprint density at radius 3 is 2.31 bits per heavy atom. The van der Waals surface area contributed by atoms with Crippen LogP contribution in [0.2, 0.25) is 0 Å². The minimum Gasteiger partial charge on any atom is -0.432 e. The lowest BCUT2D eigenvalue weighted by Crippen LogP contribution is -2.03. The van der Waals surface area contributed by atoms with Crippen molar-refractivity contribution in [3.63, 3.8) is 0 Å². The molecule has 0 saturated carbocycles. The maximum Gasteiger partial charge on any atom is 0.341 e. The molecule has 0 fully saturated rings. The van der Waals surface area contributed by atoms with E-state index in [1.807, 2.05) is 0 Å². The first kappa shape index (κ1) is 11.2. The molecule has 0 spiro atoms. The lowest BCUT2D eigenvalue weighted by molar-refractivity contribution is -0.134. The third-order valence-corrected chi connectivity index (χ3v) is 1.03. The summed E-state index contributed by atoms with van der Waals surface area (Å²) in [4.78, 5) is 21.4. The summed E-state index contributed by atoms with van der Waals surface area (Å²) in [7, 11) is 0. The van der Waals surface area contributed by atoms with Crippen molar-refractivity contribution >= 4 is 11.9 Å². The van der Waals surface area contributed by atoms with Gasteiger partial charge in [-0.3, -0.25) is 0 Å². The van der Waals surface area contributed by atoms with E-state index in [1.54, 1.807) is 0 Å². The van der Waals surface area contributed by atoms with Crippen molar-refractivity contribution in [3.8, 4) is 0 Å². The molecule has 0 aliphatic carbocycles. The van der Waals surface area contributed by atoms with Gasteiger partial charge in [-0.1, -0.05) is 13.2 Å². The summed E-state index contributed by atoms with van der Waals surface area (Å²) in [6.45, 7) is 7.83. The lowest BCUT2D eigenvalue weighted by Gasteiger charge is -1.98. The monoisotopic (exact) mass is 182 g/mol. The molecule has 0 aromatic rings. The molecule has 13 heavy (non-hydrogen) atoms. The van der Waals surface area contributed by atoms with Gasteiger partial charge in [-0.05, 0) is 6.92 Å². The summed E-state index contributed by atoms with van der Waals surface area (Å²) in [5.41, 5.74) is 0.162. The maximum atomic E-state index is 10.9. The van der Waals surface area contributed by atoms with Gasteiger partial charge in [-0.15, -0.1) is 0 Å². The summed E-state index contributed by atoms with van der Waals surface area (Å²) < 4.78 is 8.88. The fourth-order valence-electron chi connectivity index (χ4n) is 0.411. The Hall–Kier alpha value is -1.84. The molecule has 0 aromatic heterocycles. The number of ether oxygens (including phenoxy) is 2. The van der Waals surface area contributed by atoms with Crippen LogP contribution in [0, 0.1) is 0 Å². The molecule has 70 valence electrons. The van der Waals surface area contributed by atoms with Crippen LogP contribution in [0.25, 0.3) is 0 Å². The number of carbonyl (C=O) groups is 2. The predicted molar refractivity (Wildman–Crippen MR) is 46.3 cm³/mol. The van der Waals surface area contributed by atoms with Crippen LogP contribution < -0.4 is 0 Å². The van der Waals surface area contributed by atoms with E-state index in [0.717, 1.165) is 18.6 Å². The average Bonchev–Trinajstić information content (AvgIpc) is 2.13. The Balaban J connectivity index is 4.15. The van der Waals surface area contributed by atoms with Gasteiger partial charge >= 0.3 is 11.9 Å². The van der Waals surface area contributed by atoms with E-state index in [0.29, 0.717) is 0 Å². The highest BCUT2D eigenvalue weighted by Gasteiger charge is 2.04. The molecule has 0 saturated heterocycles. The molecular formula is C9H10O4. The second kappa shape index (κ2) is 5.77. The zero-order valence-corrected chi connectivity index (χ0v) is 7.28. The van der Waals surface area contributed by atoms with Gasteiger partial charge in [0.05, 0.1) is 11.8 Å². The highest BCUT2D eigenvalue weighted by Crippen LogP contribution is 1.97. The van der Waals surface area contributed by atoms with Crippen LogP contribution in [-0.2, 0) is 19.1 Å². The third-order valence-electron chi connectivity index (χ3n) is 1.03. The van der Waals surface area contributed by atoms with E-state index >= 15 is 0 Å². The summed E-state index contributed by atoms with van der Waals surface area (Å²) in [6, 6.07) is 0.